The van der Waals surface area contributed by atoms with Gasteiger partial charge < -0.3 is 5.73 Å². The molecule has 1 nitrogen and oxygen atoms in total. The Balaban J connectivity index is 2.28. The topological polar surface area (TPSA) is 26.0 Å². The molecule has 84 valence electrons. The lowest BCUT2D eigenvalue weighted by Gasteiger charge is -2.03. The number of rotatable bonds is 6. The van der Waals surface area contributed by atoms with Crippen LogP contribution in [0.1, 0.15) is 36.8 Å². The zero-order valence-corrected chi connectivity index (χ0v) is 9.43. The van der Waals surface area contributed by atoms with Gasteiger partial charge in [-0.15, -0.1) is 0 Å². The van der Waals surface area contributed by atoms with Crippen molar-refractivity contribution < 1.29 is 4.39 Å². The molecule has 1 aromatic rings. The normalized spacial score (nSPS) is 10.6. The molecule has 0 spiro atoms. The van der Waals surface area contributed by atoms with Gasteiger partial charge in [-0.3, -0.25) is 0 Å². The number of unbranched alkanes of at least 4 members (excludes halogenated alkanes) is 3. The summed E-state index contributed by atoms with van der Waals surface area (Å²) in [6, 6.07) is 5.38. The first-order chi connectivity index (χ1) is 7.24. The highest BCUT2D eigenvalue weighted by molar-refractivity contribution is 5.23. The quantitative estimate of drug-likeness (QED) is 0.715. The Morgan fingerprint density at radius 2 is 1.87 bits per heavy atom. The summed E-state index contributed by atoms with van der Waals surface area (Å²) in [5, 5.41) is 0. The summed E-state index contributed by atoms with van der Waals surface area (Å²) in [5.41, 5.74) is 7.40. The number of hydrogen-bond donors (Lipinski definition) is 1. The molecule has 1 aromatic carbocycles. The molecule has 0 aliphatic heterocycles. The molecule has 0 atom stereocenters. The van der Waals surface area contributed by atoms with Crippen LogP contribution in [0, 0.1) is 12.7 Å². The van der Waals surface area contributed by atoms with E-state index in [9.17, 15) is 4.39 Å². The van der Waals surface area contributed by atoms with Crippen LogP contribution < -0.4 is 5.73 Å². The Labute approximate surface area is 91.5 Å². The molecular weight excluding hydrogens is 189 g/mol. The highest BCUT2D eigenvalue weighted by Gasteiger charge is 1.98. The van der Waals surface area contributed by atoms with Crippen molar-refractivity contribution in [2.45, 2.75) is 39.0 Å². The predicted octanol–water partition coefficient (Wildman–Crippen LogP) is 3.20. The zero-order chi connectivity index (χ0) is 11.1. The summed E-state index contributed by atoms with van der Waals surface area (Å²) >= 11 is 0. The van der Waals surface area contributed by atoms with Gasteiger partial charge in [-0.25, -0.2) is 4.39 Å². The van der Waals surface area contributed by atoms with Crippen LogP contribution in [-0.2, 0) is 6.42 Å². The maximum Gasteiger partial charge on any atom is 0.126 e. The third-order valence-corrected chi connectivity index (χ3v) is 2.64. The monoisotopic (exact) mass is 209 g/mol. The van der Waals surface area contributed by atoms with Gasteiger partial charge >= 0.3 is 0 Å². The van der Waals surface area contributed by atoms with E-state index in [-0.39, 0.29) is 5.82 Å². The Morgan fingerprint density at radius 3 is 2.53 bits per heavy atom. The van der Waals surface area contributed by atoms with Gasteiger partial charge in [0.05, 0.1) is 0 Å². The van der Waals surface area contributed by atoms with Crippen molar-refractivity contribution in [2.24, 2.45) is 5.73 Å². The van der Waals surface area contributed by atoms with Crippen molar-refractivity contribution in [1.82, 2.24) is 0 Å². The Bertz CT molecular complexity index is 297. The van der Waals surface area contributed by atoms with Gasteiger partial charge in [0.15, 0.2) is 0 Å². The SMILES string of the molecule is Cc1cc(CCCCCCN)ccc1F. The number of hydrogen-bond acceptors (Lipinski definition) is 1. The molecule has 0 bridgehead atoms. The van der Waals surface area contributed by atoms with E-state index in [1.807, 2.05) is 19.1 Å². The molecule has 1 rings (SSSR count). The maximum atomic E-state index is 13.0. The number of benzene rings is 1. The van der Waals surface area contributed by atoms with Crippen LogP contribution in [0.4, 0.5) is 4.39 Å². The maximum absolute atomic E-state index is 13.0. The second-order valence-corrected chi connectivity index (χ2v) is 4.04. The van der Waals surface area contributed by atoms with Crippen molar-refractivity contribution in [3.63, 3.8) is 0 Å². The van der Waals surface area contributed by atoms with E-state index in [1.165, 1.54) is 24.8 Å². The standard InChI is InChI=1S/C13H20FN/c1-11-10-12(7-8-13(11)14)6-4-2-3-5-9-15/h7-8,10H,2-6,9,15H2,1H3. The molecule has 2 N–H and O–H groups in total. The average Bonchev–Trinajstić information content (AvgIpc) is 2.23. The van der Waals surface area contributed by atoms with Crippen LogP contribution in [0.15, 0.2) is 18.2 Å². The molecule has 0 aromatic heterocycles. The summed E-state index contributed by atoms with van der Waals surface area (Å²) < 4.78 is 13.0. The van der Waals surface area contributed by atoms with Crippen LogP contribution >= 0.6 is 0 Å². The summed E-state index contributed by atoms with van der Waals surface area (Å²) in [5.74, 6) is -0.109. The molecule has 0 fully saturated rings. The molecule has 0 aliphatic rings. The van der Waals surface area contributed by atoms with Crippen LogP contribution in [0.5, 0.6) is 0 Å². The molecule has 0 heterocycles. The lowest BCUT2D eigenvalue weighted by molar-refractivity contribution is 0.615. The number of nitrogens with two attached hydrogens (primary N) is 1. The smallest absolute Gasteiger partial charge is 0.126 e. The van der Waals surface area contributed by atoms with Crippen molar-refractivity contribution in [3.8, 4) is 0 Å². The molecule has 2 heteroatoms. The molecule has 0 amide bonds. The second-order valence-electron chi connectivity index (χ2n) is 4.04. The Morgan fingerprint density at radius 1 is 1.13 bits per heavy atom. The molecule has 0 unspecified atom stereocenters. The number of aryl methyl sites for hydroxylation is 2. The van der Waals surface area contributed by atoms with Crippen LogP contribution in [0.3, 0.4) is 0 Å². The van der Waals surface area contributed by atoms with E-state index in [2.05, 4.69) is 0 Å². The van der Waals surface area contributed by atoms with E-state index in [0.717, 1.165) is 24.9 Å². The fraction of sp³-hybridized carbons (Fsp3) is 0.538. The number of halogens is 1. The fourth-order valence-electron chi connectivity index (χ4n) is 1.69. The largest absolute Gasteiger partial charge is 0.330 e. The van der Waals surface area contributed by atoms with Crippen molar-refractivity contribution >= 4 is 0 Å². The van der Waals surface area contributed by atoms with Gasteiger partial charge in [-0.05, 0) is 49.9 Å². The second kappa shape index (κ2) is 6.57. The average molecular weight is 209 g/mol. The predicted molar refractivity (Wildman–Crippen MR) is 62.4 cm³/mol. The van der Waals surface area contributed by atoms with Gasteiger partial charge in [0.25, 0.3) is 0 Å². The third kappa shape index (κ3) is 4.43. The van der Waals surface area contributed by atoms with Crippen molar-refractivity contribution in [3.05, 3.63) is 35.1 Å². The van der Waals surface area contributed by atoms with E-state index in [4.69, 9.17) is 5.73 Å². The summed E-state index contributed by atoms with van der Waals surface area (Å²) in [7, 11) is 0. The fourth-order valence-corrected chi connectivity index (χ4v) is 1.69. The molecule has 0 aliphatic carbocycles. The molecular formula is C13H20FN. The summed E-state index contributed by atoms with van der Waals surface area (Å²) in [6.45, 7) is 2.60. The minimum atomic E-state index is -0.109. The first kappa shape index (κ1) is 12.2. The molecule has 0 radical (unpaired) electrons. The lowest BCUT2D eigenvalue weighted by atomic mass is 10.0. The molecule has 0 saturated heterocycles. The van der Waals surface area contributed by atoms with Crippen LogP contribution in [0.2, 0.25) is 0 Å². The van der Waals surface area contributed by atoms with Gasteiger partial charge in [0.2, 0.25) is 0 Å². The molecule has 15 heavy (non-hydrogen) atoms. The third-order valence-electron chi connectivity index (χ3n) is 2.64. The van der Waals surface area contributed by atoms with Crippen LogP contribution in [0.25, 0.3) is 0 Å². The van der Waals surface area contributed by atoms with Gasteiger partial charge in [0.1, 0.15) is 5.82 Å². The lowest BCUT2D eigenvalue weighted by Crippen LogP contribution is -1.98. The first-order valence-corrected chi connectivity index (χ1v) is 5.69. The van der Waals surface area contributed by atoms with E-state index in [1.54, 1.807) is 6.07 Å². The Kier molecular flexibility index (Phi) is 5.33. The van der Waals surface area contributed by atoms with Gasteiger partial charge in [-0.1, -0.05) is 25.0 Å². The first-order valence-electron chi connectivity index (χ1n) is 5.69. The highest BCUT2D eigenvalue weighted by atomic mass is 19.1. The summed E-state index contributed by atoms with van der Waals surface area (Å²) in [6.07, 6.45) is 5.75. The van der Waals surface area contributed by atoms with Crippen molar-refractivity contribution in [2.75, 3.05) is 6.54 Å². The highest BCUT2D eigenvalue weighted by Crippen LogP contribution is 2.12. The van der Waals surface area contributed by atoms with E-state index >= 15 is 0 Å². The molecule has 0 saturated carbocycles. The van der Waals surface area contributed by atoms with E-state index in [0.29, 0.717) is 0 Å². The minimum absolute atomic E-state index is 0.109. The van der Waals surface area contributed by atoms with Gasteiger partial charge in [-0.2, -0.15) is 0 Å². The zero-order valence-electron chi connectivity index (χ0n) is 9.43. The van der Waals surface area contributed by atoms with Crippen LogP contribution in [-0.4, -0.2) is 6.54 Å². The van der Waals surface area contributed by atoms with E-state index < -0.39 is 0 Å². The van der Waals surface area contributed by atoms with Crippen molar-refractivity contribution in [1.29, 1.82) is 0 Å². The Hall–Kier alpha value is -0.890. The minimum Gasteiger partial charge on any atom is -0.330 e. The summed E-state index contributed by atoms with van der Waals surface area (Å²) in [4.78, 5) is 0. The van der Waals surface area contributed by atoms with Gasteiger partial charge in [0, 0.05) is 0 Å².